The quantitative estimate of drug-likeness (QED) is 0.919. The topological polar surface area (TPSA) is 46.9 Å². The highest BCUT2D eigenvalue weighted by Gasteiger charge is 2.33. The van der Waals surface area contributed by atoms with Gasteiger partial charge in [-0.25, -0.2) is 0 Å². The van der Waals surface area contributed by atoms with Gasteiger partial charge in [-0.3, -0.25) is 9.48 Å². The number of benzene rings is 1. The summed E-state index contributed by atoms with van der Waals surface area (Å²) in [5.74, 6) is -0.531. The van der Waals surface area contributed by atoms with Crippen LogP contribution in [-0.2, 0) is 13.2 Å². The van der Waals surface area contributed by atoms with Crippen LogP contribution in [0.2, 0.25) is 5.02 Å². The van der Waals surface area contributed by atoms with Crippen LogP contribution in [0.4, 0.5) is 18.9 Å². The molecule has 0 atom stereocenters. The van der Waals surface area contributed by atoms with E-state index in [1.54, 1.807) is 14.0 Å². The van der Waals surface area contributed by atoms with Gasteiger partial charge in [-0.2, -0.15) is 18.3 Å². The summed E-state index contributed by atoms with van der Waals surface area (Å²) in [6, 6.07) is 3.20. The molecule has 21 heavy (non-hydrogen) atoms. The Kier molecular flexibility index (Phi) is 3.95. The second-order valence-electron chi connectivity index (χ2n) is 4.45. The van der Waals surface area contributed by atoms with Crippen molar-refractivity contribution in [2.24, 2.45) is 7.05 Å². The van der Waals surface area contributed by atoms with Crippen molar-refractivity contribution in [3.05, 3.63) is 46.2 Å². The number of amides is 1. The van der Waals surface area contributed by atoms with Crippen LogP contribution in [0, 0.1) is 6.92 Å². The number of nitrogens with one attached hydrogen (secondary N) is 1. The van der Waals surface area contributed by atoms with Gasteiger partial charge in [-0.15, -0.1) is 0 Å². The molecule has 1 heterocycles. The van der Waals surface area contributed by atoms with Crippen molar-refractivity contribution in [3.63, 3.8) is 0 Å². The van der Waals surface area contributed by atoms with Gasteiger partial charge in [0, 0.05) is 18.9 Å². The number of carbonyl (C=O) groups excluding carboxylic acids is 1. The lowest BCUT2D eigenvalue weighted by atomic mass is 10.1. The summed E-state index contributed by atoms with van der Waals surface area (Å²) < 4.78 is 39.7. The van der Waals surface area contributed by atoms with Gasteiger partial charge in [0.15, 0.2) is 0 Å². The molecule has 0 bridgehead atoms. The molecule has 0 aliphatic heterocycles. The molecular weight excluding hydrogens is 307 g/mol. The van der Waals surface area contributed by atoms with E-state index in [0.29, 0.717) is 11.3 Å². The maximum Gasteiger partial charge on any atom is 0.417 e. The Morgan fingerprint density at radius 2 is 2.05 bits per heavy atom. The van der Waals surface area contributed by atoms with Gasteiger partial charge in [0.2, 0.25) is 0 Å². The summed E-state index contributed by atoms with van der Waals surface area (Å²) in [6.07, 6.45) is -3.09. The Hall–Kier alpha value is -2.02. The lowest BCUT2D eigenvalue weighted by Gasteiger charge is -2.11. The minimum Gasteiger partial charge on any atom is -0.322 e. The predicted molar refractivity (Wildman–Crippen MR) is 72.4 cm³/mol. The molecule has 4 nitrogen and oxygen atoms in total. The molecule has 0 unspecified atom stereocenters. The average molecular weight is 318 g/mol. The fraction of sp³-hybridized carbons (Fsp3) is 0.231. The third kappa shape index (κ3) is 3.36. The molecule has 1 aromatic heterocycles. The Balaban J connectivity index is 2.28. The SMILES string of the molecule is Cc1nn(C)cc1C(=O)Nc1ccc(Cl)c(C(F)(F)F)c1. The number of carbonyl (C=O) groups is 1. The maximum atomic E-state index is 12.7. The van der Waals surface area contributed by atoms with E-state index in [1.807, 2.05) is 0 Å². The molecule has 1 aromatic carbocycles. The molecule has 0 fully saturated rings. The third-order valence-corrected chi connectivity index (χ3v) is 3.12. The highest BCUT2D eigenvalue weighted by Crippen LogP contribution is 2.36. The van der Waals surface area contributed by atoms with Gasteiger partial charge in [-0.1, -0.05) is 11.6 Å². The van der Waals surface area contributed by atoms with Crippen LogP contribution in [0.25, 0.3) is 0 Å². The van der Waals surface area contributed by atoms with Crippen LogP contribution >= 0.6 is 11.6 Å². The molecule has 0 saturated heterocycles. The first-order valence-corrected chi connectivity index (χ1v) is 6.24. The molecule has 0 saturated carbocycles. The van der Waals surface area contributed by atoms with Crippen molar-refractivity contribution < 1.29 is 18.0 Å². The van der Waals surface area contributed by atoms with E-state index in [4.69, 9.17) is 11.6 Å². The molecular formula is C13H11ClF3N3O. The number of halogens is 4. The van der Waals surface area contributed by atoms with E-state index >= 15 is 0 Å². The van der Waals surface area contributed by atoms with E-state index < -0.39 is 22.7 Å². The zero-order valence-electron chi connectivity index (χ0n) is 11.1. The lowest BCUT2D eigenvalue weighted by Crippen LogP contribution is -2.14. The van der Waals surface area contributed by atoms with E-state index in [9.17, 15) is 18.0 Å². The number of aryl methyl sites for hydroxylation is 2. The van der Waals surface area contributed by atoms with Gasteiger partial charge in [0.05, 0.1) is 21.8 Å². The van der Waals surface area contributed by atoms with Gasteiger partial charge >= 0.3 is 6.18 Å². The largest absolute Gasteiger partial charge is 0.417 e. The number of alkyl halides is 3. The number of anilines is 1. The first kappa shape index (κ1) is 15.4. The van der Waals surface area contributed by atoms with Crippen LogP contribution in [0.5, 0.6) is 0 Å². The monoisotopic (exact) mass is 317 g/mol. The summed E-state index contributed by atoms with van der Waals surface area (Å²) in [7, 11) is 1.65. The van der Waals surface area contributed by atoms with Crippen LogP contribution in [-0.4, -0.2) is 15.7 Å². The van der Waals surface area contributed by atoms with Crippen LogP contribution in [0.1, 0.15) is 21.6 Å². The van der Waals surface area contributed by atoms with E-state index in [0.717, 1.165) is 12.1 Å². The van der Waals surface area contributed by atoms with Crippen molar-refractivity contribution in [1.82, 2.24) is 9.78 Å². The lowest BCUT2D eigenvalue weighted by molar-refractivity contribution is -0.137. The second-order valence-corrected chi connectivity index (χ2v) is 4.86. The number of aromatic nitrogens is 2. The number of nitrogens with zero attached hydrogens (tertiary/aromatic N) is 2. The van der Waals surface area contributed by atoms with Gasteiger partial charge < -0.3 is 5.32 Å². The first-order chi connectivity index (χ1) is 9.68. The minimum atomic E-state index is -4.58. The number of hydrogen-bond donors (Lipinski definition) is 1. The highest BCUT2D eigenvalue weighted by molar-refractivity contribution is 6.31. The van der Waals surface area contributed by atoms with E-state index in [1.165, 1.54) is 16.9 Å². The van der Waals surface area contributed by atoms with Gasteiger partial charge in [0.25, 0.3) is 5.91 Å². The third-order valence-electron chi connectivity index (χ3n) is 2.79. The summed E-state index contributed by atoms with van der Waals surface area (Å²) in [4.78, 5) is 12.0. The van der Waals surface area contributed by atoms with Crippen molar-refractivity contribution in [2.45, 2.75) is 13.1 Å². The summed E-state index contributed by atoms with van der Waals surface area (Å²) >= 11 is 5.52. The van der Waals surface area contributed by atoms with Crippen LogP contribution in [0.15, 0.2) is 24.4 Å². The Labute approximate surface area is 123 Å². The van der Waals surface area contributed by atoms with Crippen molar-refractivity contribution in [1.29, 1.82) is 0 Å². The second kappa shape index (κ2) is 5.40. The molecule has 0 aliphatic rings. The van der Waals surface area contributed by atoms with E-state index in [2.05, 4.69) is 10.4 Å². The zero-order chi connectivity index (χ0) is 15.8. The molecule has 1 N–H and O–H groups in total. The van der Waals surface area contributed by atoms with Crippen molar-refractivity contribution in [3.8, 4) is 0 Å². The Bertz CT molecular complexity index is 694. The fourth-order valence-corrected chi connectivity index (χ4v) is 2.07. The van der Waals surface area contributed by atoms with Crippen LogP contribution < -0.4 is 5.32 Å². The predicted octanol–water partition coefficient (Wildman–Crippen LogP) is 3.65. The first-order valence-electron chi connectivity index (χ1n) is 5.87. The number of hydrogen-bond acceptors (Lipinski definition) is 2. The maximum absolute atomic E-state index is 12.7. The highest BCUT2D eigenvalue weighted by atomic mass is 35.5. The molecule has 2 rings (SSSR count). The zero-order valence-corrected chi connectivity index (χ0v) is 11.9. The Morgan fingerprint density at radius 1 is 1.38 bits per heavy atom. The standard InChI is InChI=1S/C13H11ClF3N3O/c1-7-9(6-20(2)19-7)12(21)18-8-3-4-11(14)10(5-8)13(15,16)17/h3-6H,1-2H3,(H,18,21). The van der Waals surface area contributed by atoms with Crippen LogP contribution in [0.3, 0.4) is 0 Å². The molecule has 112 valence electrons. The smallest absolute Gasteiger partial charge is 0.322 e. The van der Waals surface area contributed by atoms with E-state index in [-0.39, 0.29) is 5.69 Å². The normalized spacial score (nSPS) is 11.5. The summed E-state index contributed by atoms with van der Waals surface area (Å²) in [6.45, 7) is 1.64. The number of rotatable bonds is 2. The van der Waals surface area contributed by atoms with Crippen molar-refractivity contribution in [2.75, 3.05) is 5.32 Å². The molecule has 0 radical (unpaired) electrons. The Morgan fingerprint density at radius 3 is 2.57 bits per heavy atom. The summed E-state index contributed by atoms with van der Waals surface area (Å²) in [5, 5.41) is 5.98. The minimum absolute atomic E-state index is 0.0139. The summed E-state index contributed by atoms with van der Waals surface area (Å²) in [5.41, 5.74) is -0.203. The molecule has 8 heteroatoms. The molecule has 1 amide bonds. The van der Waals surface area contributed by atoms with Crippen molar-refractivity contribution >= 4 is 23.2 Å². The average Bonchev–Trinajstić information content (AvgIpc) is 2.69. The molecule has 0 aliphatic carbocycles. The van der Waals surface area contributed by atoms with Gasteiger partial charge in [-0.05, 0) is 25.1 Å². The molecule has 2 aromatic rings. The molecule has 0 spiro atoms. The fourth-order valence-electron chi connectivity index (χ4n) is 1.84. The van der Waals surface area contributed by atoms with Gasteiger partial charge in [0.1, 0.15) is 0 Å².